The number of ether oxygens (including phenoxy) is 1. The Bertz CT molecular complexity index is 1730. The first-order valence-corrected chi connectivity index (χ1v) is 15.4. The molecule has 0 aliphatic heterocycles. The molecule has 0 amide bonds. The standard InChI is InChI=1S/C36H37N5O2/c1-2-3-4-5-6-7-8-14-23-43-36(42)26-19-21-31-32(24-26)29-17-12-13-18-30(29)35(31)39-41(27-15-10-9-11-16-27)28-20-22-33-34(25-28)38-40-37-33/h9-13,15-22,24-25H,2-8,14,23H2,1H3,(H,37,38,40). The number of hydrazone groups is 1. The number of benzene rings is 4. The molecule has 1 aromatic heterocycles. The van der Waals surface area contributed by atoms with E-state index in [1.54, 1.807) is 0 Å². The Morgan fingerprint density at radius 3 is 2.21 bits per heavy atom. The lowest BCUT2D eigenvalue weighted by Gasteiger charge is -2.21. The highest BCUT2D eigenvalue weighted by Crippen LogP contribution is 2.39. The molecule has 0 saturated heterocycles. The molecule has 1 heterocycles. The second kappa shape index (κ2) is 13.5. The van der Waals surface area contributed by atoms with Gasteiger partial charge in [-0.3, -0.25) is 0 Å². The van der Waals surface area contributed by atoms with Gasteiger partial charge in [0.15, 0.2) is 0 Å². The maximum absolute atomic E-state index is 13.0. The number of hydrogen-bond donors (Lipinski definition) is 1. The molecule has 1 aliphatic carbocycles. The fourth-order valence-corrected chi connectivity index (χ4v) is 5.66. The average Bonchev–Trinajstić information content (AvgIpc) is 3.65. The number of fused-ring (bicyclic) bond motifs is 4. The highest BCUT2D eigenvalue weighted by atomic mass is 16.5. The number of carbonyl (C=O) groups excluding carboxylic acids is 1. The van der Waals surface area contributed by atoms with Gasteiger partial charge < -0.3 is 4.74 Å². The van der Waals surface area contributed by atoms with Crippen molar-refractivity contribution < 1.29 is 9.53 Å². The van der Waals surface area contributed by atoms with Crippen molar-refractivity contribution in [3.8, 4) is 11.1 Å². The van der Waals surface area contributed by atoms with Gasteiger partial charge in [0.1, 0.15) is 11.0 Å². The Morgan fingerprint density at radius 2 is 1.40 bits per heavy atom. The minimum Gasteiger partial charge on any atom is -0.462 e. The predicted molar refractivity (Wildman–Crippen MR) is 173 cm³/mol. The Balaban J connectivity index is 1.24. The SMILES string of the molecule is CCCCCCCCCCOC(=O)c1ccc2c(c1)-c1ccccc1C2=NN(c1ccccc1)c1ccc2n[nH]nc2c1. The zero-order valence-electron chi connectivity index (χ0n) is 24.6. The van der Waals surface area contributed by atoms with E-state index in [2.05, 4.69) is 34.5 Å². The van der Waals surface area contributed by atoms with Crippen molar-refractivity contribution >= 4 is 34.1 Å². The molecular weight excluding hydrogens is 534 g/mol. The summed E-state index contributed by atoms with van der Waals surface area (Å²) in [6.45, 7) is 2.69. The molecule has 1 N–H and O–H groups in total. The lowest BCUT2D eigenvalue weighted by Crippen LogP contribution is -2.14. The van der Waals surface area contributed by atoms with E-state index in [9.17, 15) is 4.79 Å². The van der Waals surface area contributed by atoms with Gasteiger partial charge in [-0.25, -0.2) is 9.80 Å². The van der Waals surface area contributed by atoms with Crippen LogP contribution >= 0.6 is 0 Å². The monoisotopic (exact) mass is 571 g/mol. The summed E-state index contributed by atoms with van der Waals surface area (Å²) in [5.74, 6) is -0.277. The molecule has 1 aliphatic rings. The third kappa shape index (κ3) is 6.36. The number of esters is 1. The molecule has 0 atom stereocenters. The number of aromatic amines is 1. The van der Waals surface area contributed by atoms with Gasteiger partial charge >= 0.3 is 5.97 Å². The molecule has 7 nitrogen and oxygen atoms in total. The van der Waals surface area contributed by atoms with E-state index >= 15 is 0 Å². The summed E-state index contributed by atoms with van der Waals surface area (Å²) in [6.07, 6.45) is 9.67. The molecule has 0 fully saturated rings. The quantitative estimate of drug-likeness (QED) is 0.0850. The maximum atomic E-state index is 13.0. The molecule has 6 rings (SSSR count). The molecular formula is C36H37N5O2. The highest BCUT2D eigenvalue weighted by molar-refractivity contribution is 6.25. The van der Waals surface area contributed by atoms with Gasteiger partial charge in [0.05, 0.1) is 29.3 Å². The van der Waals surface area contributed by atoms with Crippen molar-refractivity contribution in [1.29, 1.82) is 0 Å². The number of hydrogen-bond acceptors (Lipinski definition) is 6. The molecule has 43 heavy (non-hydrogen) atoms. The van der Waals surface area contributed by atoms with Crippen LogP contribution in [0.3, 0.4) is 0 Å². The summed E-state index contributed by atoms with van der Waals surface area (Å²) in [5.41, 5.74) is 8.78. The van der Waals surface area contributed by atoms with Crippen molar-refractivity contribution in [3.63, 3.8) is 0 Å². The summed E-state index contributed by atoms with van der Waals surface area (Å²) in [4.78, 5) is 13.0. The van der Waals surface area contributed by atoms with Crippen LogP contribution in [0.4, 0.5) is 11.4 Å². The summed E-state index contributed by atoms with van der Waals surface area (Å²) >= 11 is 0. The zero-order valence-corrected chi connectivity index (χ0v) is 24.6. The summed E-state index contributed by atoms with van der Waals surface area (Å²) < 4.78 is 5.67. The minimum atomic E-state index is -0.277. The molecule has 0 bridgehead atoms. The average molecular weight is 572 g/mol. The molecule has 0 spiro atoms. The van der Waals surface area contributed by atoms with Crippen molar-refractivity contribution in [2.24, 2.45) is 5.10 Å². The normalized spacial score (nSPS) is 12.8. The van der Waals surface area contributed by atoms with Crippen LogP contribution in [0.2, 0.25) is 0 Å². The number of anilines is 2. The number of nitrogens with one attached hydrogen (secondary N) is 1. The van der Waals surface area contributed by atoms with E-state index in [1.165, 1.54) is 38.5 Å². The first-order valence-electron chi connectivity index (χ1n) is 15.4. The number of H-pyrrole nitrogens is 1. The van der Waals surface area contributed by atoms with E-state index < -0.39 is 0 Å². The van der Waals surface area contributed by atoms with Gasteiger partial charge in [-0.1, -0.05) is 100 Å². The van der Waals surface area contributed by atoms with Crippen LogP contribution in [-0.2, 0) is 4.74 Å². The van der Waals surface area contributed by atoms with Crippen LogP contribution in [0.25, 0.3) is 22.2 Å². The van der Waals surface area contributed by atoms with Crippen LogP contribution in [0, 0.1) is 0 Å². The van der Waals surface area contributed by atoms with Gasteiger partial charge in [0, 0.05) is 11.1 Å². The van der Waals surface area contributed by atoms with Gasteiger partial charge in [-0.05, 0) is 60.0 Å². The van der Waals surface area contributed by atoms with Crippen molar-refractivity contribution in [2.45, 2.75) is 58.3 Å². The molecule has 7 heteroatoms. The van der Waals surface area contributed by atoms with Crippen molar-refractivity contribution in [2.75, 3.05) is 11.6 Å². The van der Waals surface area contributed by atoms with Crippen LogP contribution in [0.5, 0.6) is 0 Å². The van der Waals surface area contributed by atoms with E-state index in [0.717, 1.165) is 63.2 Å². The van der Waals surface area contributed by atoms with Crippen LogP contribution < -0.4 is 5.01 Å². The lowest BCUT2D eigenvalue weighted by molar-refractivity contribution is 0.0497. The van der Waals surface area contributed by atoms with E-state index in [4.69, 9.17) is 9.84 Å². The molecule has 5 aromatic rings. The molecule has 218 valence electrons. The summed E-state index contributed by atoms with van der Waals surface area (Å²) in [7, 11) is 0. The van der Waals surface area contributed by atoms with Gasteiger partial charge in [-0.2, -0.15) is 20.5 Å². The third-order valence-electron chi connectivity index (χ3n) is 7.96. The molecule has 0 saturated carbocycles. The number of aromatic nitrogens is 3. The largest absolute Gasteiger partial charge is 0.462 e. The lowest BCUT2D eigenvalue weighted by atomic mass is 10.0. The fourth-order valence-electron chi connectivity index (χ4n) is 5.66. The third-order valence-corrected chi connectivity index (χ3v) is 7.96. The molecule has 0 radical (unpaired) electrons. The van der Waals surface area contributed by atoms with E-state index in [1.807, 2.05) is 83.9 Å². The van der Waals surface area contributed by atoms with Crippen LogP contribution in [0.15, 0.2) is 96.1 Å². The number of para-hydroxylation sites is 1. The minimum absolute atomic E-state index is 0.277. The Kier molecular flexibility index (Phi) is 8.88. The first-order chi connectivity index (χ1) is 21.2. The van der Waals surface area contributed by atoms with Gasteiger partial charge in [0.25, 0.3) is 0 Å². The number of carbonyl (C=O) groups is 1. The fraction of sp³-hybridized carbons (Fsp3) is 0.278. The van der Waals surface area contributed by atoms with E-state index in [-0.39, 0.29) is 5.97 Å². The number of rotatable bonds is 13. The number of nitrogens with zero attached hydrogens (tertiary/aromatic N) is 4. The summed E-state index contributed by atoms with van der Waals surface area (Å²) in [5, 5.41) is 18.3. The Morgan fingerprint density at radius 1 is 0.698 bits per heavy atom. The topological polar surface area (TPSA) is 83.5 Å². The maximum Gasteiger partial charge on any atom is 0.338 e. The van der Waals surface area contributed by atoms with Crippen molar-refractivity contribution in [1.82, 2.24) is 15.4 Å². The summed E-state index contributed by atoms with van der Waals surface area (Å²) in [6, 6.07) is 30.0. The smallest absolute Gasteiger partial charge is 0.338 e. The zero-order chi connectivity index (χ0) is 29.4. The Hall–Kier alpha value is -4.78. The van der Waals surface area contributed by atoms with Gasteiger partial charge in [0.2, 0.25) is 0 Å². The molecule has 0 unspecified atom stereocenters. The van der Waals surface area contributed by atoms with E-state index in [0.29, 0.717) is 12.2 Å². The molecule has 4 aromatic carbocycles. The first kappa shape index (κ1) is 28.3. The van der Waals surface area contributed by atoms with Crippen LogP contribution in [0.1, 0.15) is 79.8 Å². The van der Waals surface area contributed by atoms with Crippen molar-refractivity contribution in [3.05, 3.63) is 108 Å². The highest BCUT2D eigenvalue weighted by Gasteiger charge is 2.27. The number of unbranched alkanes of at least 4 members (excludes halogenated alkanes) is 7. The second-order valence-corrected chi connectivity index (χ2v) is 11.0. The second-order valence-electron chi connectivity index (χ2n) is 11.0. The van der Waals surface area contributed by atoms with Gasteiger partial charge in [-0.15, -0.1) is 0 Å². The predicted octanol–water partition coefficient (Wildman–Crippen LogP) is 8.83. The van der Waals surface area contributed by atoms with Crippen LogP contribution in [-0.4, -0.2) is 33.7 Å². The Labute approximate surface area is 252 Å².